The molecule has 0 bridgehead atoms. The number of rotatable bonds is 6. The molecule has 1 aliphatic rings. The number of benzene rings is 2. The summed E-state index contributed by atoms with van der Waals surface area (Å²) >= 11 is 5.78. The van der Waals surface area contributed by atoms with Gasteiger partial charge in [-0.05, 0) is 54.7 Å². The third-order valence-corrected chi connectivity index (χ3v) is 5.22. The lowest BCUT2D eigenvalue weighted by Crippen LogP contribution is -2.35. The van der Waals surface area contributed by atoms with Crippen molar-refractivity contribution in [2.45, 2.75) is 25.8 Å². The lowest BCUT2D eigenvalue weighted by Gasteiger charge is -2.26. The predicted molar refractivity (Wildman–Crippen MR) is 115 cm³/mol. The van der Waals surface area contributed by atoms with E-state index >= 15 is 0 Å². The van der Waals surface area contributed by atoms with Gasteiger partial charge in [0.1, 0.15) is 5.02 Å². The highest BCUT2D eigenvalue weighted by molar-refractivity contribution is 6.32. The quantitative estimate of drug-likeness (QED) is 0.424. The van der Waals surface area contributed by atoms with Gasteiger partial charge in [-0.25, -0.2) is 0 Å². The smallest absolute Gasteiger partial charge is 0.288 e. The van der Waals surface area contributed by atoms with E-state index in [1.807, 2.05) is 17.0 Å². The zero-order valence-electron chi connectivity index (χ0n) is 16.3. The number of carbonyl (C=O) groups is 2. The van der Waals surface area contributed by atoms with Gasteiger partial charge in [-0.1, -0.05) is 29.8 Å². The van der Waals surface area contributed by atoms with Gasteiger partial charge in [-0.3, -0.25) is 19.7 Å². The highest BCUT2D eigenvalue weighted by atomic mass is 35.5. The highest BCUT2D eigenvalue weighted by Gasteiger charge is 2.17. The average Bonchev–Trinajstić information content (AvgIpc) is 2.77. The highest BCUT2D eigenvalue weighted by Crippen LogP contribution is 2.25. The van der Waals surface area contributed by atoms with E-state index in [-0.39, 0.29) is 22.5 Å². The number of carbonyl (C=O) groups excluding carboxylic acids is 2. The molecule has 8 heteroatoms. The van der Waals surface area contributed by atoms with Gasteiger partial charge in [0.2, 0.25) is 5.91 Å². The molecule has 2 amide bonds. The normalized spacial score (nSPS) is 14.0. The number of piperidine rings is 1. The van der Waals surface area contributed by atoms with E-state index in [2.05, 4.69) is 5.32 Å². The molecule has 3 rings (SSSR count). The summed E-state index contributed by atoms with van der Waals surface area (Å²) in [5.74, 6) is -0.286. The summed E-state index contributed by atoms with van der Waals surface area (Å²) in [5, 5.41) is 13.7. The Labute approximate surface area is 179 Å². The lowest BCUT2D eigenvalue weighted by molar-refractivity contribution is -0.384. The number of nitro groups is 1. The summed E-state index contributed by atoms with van der Waals surface area (Å²) in [5.41, 5.74) is 1.81. The largest absolute Gasteiger partial charge is 0.348 e. The van der Waals surface area contributed by atoms with Gasteiger partial charge in [0.15, 0.2) is 0 Å². The minimum atomic E-state index is -0.570. The SMILES string of the molecule is O=C(/C=C/c1ccc(Cl)c([N+](=O)[O-])c1)NCc1ccc(C(=O)N2CCCCC2)cc1. The summed E-state index contributed by atoms with van der Waals surface area (Å²) in [4.78, 5) is 36.8. The summed E-state index contributed by atoms with van der Waals surface area (Å²) in [7, 11) is 0. The first-order valence-corrected chi connectivity index (χ1v) is 10.1. The second-order valence-corrected chi connectivity index (χ2v) is 7.48. The van der Waals surface area contributed by atoms with Crippen LogP contribution in [0.5, 0.6) is 0 Å². The van der Waals surface area contributed by atoms with E-state index in [0.717, 1.165) is 31.5 Å². The molecule has 156 valence electrons. The van der Waals surface area contributed by atoms with Crippen molar-refractivity contribution in [3.05, 3.63) is 80.4 Å². The van der Waals surface area contributed by atoms with Gasteiger partial charge in [0, 0.05) is 37.3 Å². The van der Waals surface area contributed by atoms with Crippen molar-refractivity contribution < 1.29 is 14.5 Å². The van der Waals surface area contributed by atoms with E-state index in [1.54, 1.807) is 18.2 Å². The predicted octanol–water partition coefficient (Wildman–Crippen LogP) is 4.20. The van der Waals surface area contributed by atoms with E-state index < -0.39 is 4.92 Å². The van der Waals surface area contributed by atoms with Gasteiger partial charge in [0.05, 0.1) is 4.92 Å². The number of hydrogen-bond acceptors (Lipinski definition) is 4. The molecule has 0 saturated carbocycles. The third kappa shape index (κ3) is 5.67. The number of hydrogen-bond donors (Lipinski definition) is 1. The second-order valence-electron chi connectivity index (χ2n) is 7.07. The van der Waals surface area contributed by atoms with Crippen molar-refractivity contribution in [3.63, 3.8) is 0 Å². The Bertz CT molecular complexity index is 967. The lowest BCUT2D eigenvalue weighted by atomic mass is 10.1. The number of halogens is 1. The van der Waals surface area contributed by atoms with Crippen molar-refractivity contribution >= 4 is 35.2 Å². The maximum Gasteiger partial charge on any atom is 0.288 e. The van der Waals surface area contributed by atoms with Gasteiger partial charge in [-0.15, -0.1) is 0 Å². The van der Waals surface area contributed by atoms with E-state index in [1.165, 1.54) is 30.7 Å². The van der Waals surface area contributed by atoms with Crippen molar-refractivity contribution in [1.29, 1.82) is 0 Å². The Morgan fingerprint density at radius 3 is 2.47 bits per heavy atom. The molecule has 1 N–H and O–H groups in total. The molecule has 1 saturated heterocycles. The van der Waals surface area contributed by atoms with Crippen LogP contribution in [-0.4, -0.2) is 34.7 Å². The van der Waals surface area contributed by atoms with Crippen molar-refractivity contribution in [2.75, 3.05) is 13.1 Å². The summed E-state index contributed by atoms with van der Waals surface area (Å²) < 4.78 is 0. The number of likely N-dealkylation sites (tertiary alicyclic amines) is 1. The fraction of sp³-hybridized carbons (Fsp3) is 0.273. The van der Waals surface area contributed by atoms with Crippen LogP contribution in [0.4, 0.5) is 5.69 Å². The van der Waals surface area contributed by atoms with Crippen molar-refractivity contribution in [3.8, 4) is 0 Å². The standard InChI is InChI=1S/C22H22ClN3O4/c23-19-10-6-16(14-20(19)26(29)30)7-11-21(27)24-15-17-4-8-18(9-5-17)22(28)25-12-2-1-3-13-25/h4-11,14H,1-3,12-13,15H2,(H,24,27)/b11-7+. The summed E-state index contributed by atoms with van der Waals surface area (Å²) in [6.07, 6.45) is 6.06. The molecule has 0 spiro atoms. The van der Waals surface area contributed by atoms with Gasteiger partial charge in [0.25, 0.3) is 11.6 Å². The van der Waals surface area contributed by atoms with E-state index in [9.17, 15) is 19.7 Å². The Hall–Kier alpha value is -3.19. The topological polar surface area (TPSA) is 92.5 Å². The van der Waals surface area contributed by atoms with Crippen LogP contribution in [0.15, 0.2) is 48.5 Å². The second kappa shape index (κ2) is 10.0. The first-order chi connectivity index (χ1) is 14.4. The molecule has 0 unspecified atom stereocenters. The van der Waals surface area contributed by atoms with Crippen LogP contribution in [0.1, 0.15) is 40.7 Å². The molecule has 1 heterocycles. The van der Waals surface area contributed by atoms with Gasteiger partial charge in [-0.2, -0.15) is 0 Å². The molecule has 7 nitrogen and oxygen atoms in total. The first kappa shape index (κ1) is 21.5. The fourth-order valence-corrected chi connectivity index (χ4v) is 3.42. The molecular formula is C22H22ClN3O4. The molecule has 0 atom stereocenters. The molecule has 0 aliphatic carbocycles. The van der Waals surface area contributed by atoms with Crippen LogP contribution in [0.25, 0.3) is 6.08 Å². The van der Waals surface area contributed by atoms with Crippen LogP contribution in [0, 0.1) is 10.1 Å². The number of nitrogens with zero attached hydrogens (tertiary/aromatic N) is 2. The Balaban J connectivity index is 1.53. The van der Waals surface area contributed by atoms with Crippen molar-refractivity contribution in [1.82, 2.24) is 10.2 Å². The number of nitrogens with one attached hydrogen (secondary N) is 1. The van der Waals surface area contributed by atoms with Crippen LogP contribution in [0.2, 0.25) is 5.02 Å². The fourth-order valence-electron chi connectivity index (χ4n) is 3.24. The molecule has 30 heavy (non-hydrogen) atoms. The van der Waals surface area contributed by atoms with Gasteiger partial charge < -0.3 is 10.2 Å². The first-order valence-electron chi connectivity index (χ1n) is 9.72. The maximum atomic E-state index is 12.5. The molecule has 1 aliphatic heterocycles. The number of nitro benzene ring substituents is 1. The van der Waals surface area contributed by atoms with Crippen molar-refractivity contribution in [2.24, 2.45) is 0 Å². The molecular weight excluding hydrogens is 406 g/mol. The average molecular weight is 428 g/mol. The molecule has 1 fully saturated rings. The third-order valence-electron chi connectivity index (χ3n) is 4.90. The monoisotopic (exact) mass is 427 g/mol. The Morgan fingerprint density at radius 2 is 1.80 bits per heavy atom. The van der Waals surface area contributed by atoms with Crippen LogP contribution < -0.4 is 5.32 Å². The van der Waals surface area contributed by atoms with Gasteiger partial charge >= 0.3 is 0 Å². The van der Waals surface area contributed by atoms with Crippen LogP contribution in [0.3, 0.4) is 0 Å². The van der Waals surface area contributed by atoms with Crippen LogP contribution in [-0.2, 0) is 11.3 Å². The minimum Gasteiger partial charge on any atom is -0.348 e. The Kier molecular flexibility index (Phi) is 7.19. The minimum absolute atomic E-state index is 0.0452. The Morgan fingerprint density at radius 1 is 1.10 bits per heavy atom. The zero-order valence-corrected chi connectivity index (χ0v) is 17.1. The molecule has 0 aromatic heterocycles. The molecule has 2 aromatic rings. The van der Waals surface area contributed by atoms with E-state index in [4.69, 9.17) is 11.6 Å². The van der Waals surface area contributed by atoms with Crippen LogP contribution >= 0.6 is 11.6 Å². The number of amides is 2. The zero-order chi connectivity index (χ0) is 21.5. The molecule has 0 radical (unpaired) electrons. The molecule has 2 aromatic carbocycles. The summed E-state index contributed by atoms with van der Waals surface area (Å²) in [6, 6.07) is 11.5. The summed E-state index contributed by atoms with van der Waals surface area (Å²) in [6.45, 7) is 1.92. The van der Waals surface area contributed by atoms with E-state index in [0.29, 0.717) is 17.7 Å². The maximum absolute atomic E-state index is 12.5.